The quantitative estimate of drug-likeness (QED) is 0.906. The van der Waals surface area contributed by atoms with Crippen LogP contribution in [0.3, 0.4) is 0 Å². The molecule has 1 N–H and O–H groups in total. The van der Waals surface area contributed by atoms with Crippen molar-refractivity contribution in [3.8, 4) is 0 Å². The Morgan fingerprint density at radius 2 is 1.96 bits per heavy atom. The smallest absolute Gasteiger partial charge is 0.222 e. The normalized spacial score (nSPS) is 14.5. The third kappa shape index (κ3) is 3.98. The van der Waals surface area contributed by atoms with Gasteiger partial charge in [-0.25, -0.2) is 15.0 Å². The number of amides is 1. The third-order valence-corrected chi connectivity index (χ3v) is 3.99. The Bertz CT molecular complexity index is 670. The van der Waals surface area contributed by atoms with Gasteiger partial charge in [-0.2, -0.15) is 0 Å². The molecule has 0 unspecified atom stereocenters. The van der Waals surface area contributed by atoms with E-state index in [2.05, 4.69) is 25.2 Å². The molecule has 1 aliphatic heterocycles. The number of anilines is 3. The van der Waals surface area contributed by atoms with E-state index in [0.29, 0.717) is 12.2 Å². The molecule has 7 nitrogen and oxygen atoms in total. The predicted octanol–water partition coefficient (Wildman–Crippen LogP) is 2.06. The summed E-state index contributed by atoms with van der Waals surface area (Å²) in [6, 6.07) is 7.60. The van der Waals surface area contributed by atoms with Crippen LogP contribution in [0, 0.1) is 0 Å². The summed E-state index contributed by atoms with van der Waals surface area (Å²) in [5.74, 6) is 2.57. The Labute approximate surface area is 141 Å². The molecule has 0 aromatic carbocycles. The molecule has 0 radical (unpaired) electrons. The molecule has 0 aliphatic carbocycles. The van der Waals surface area contributed by atoms with Crippen LogP contribution < -0.4 is 10.2 Å². The number of rotatable bonds is 5. The lowest BCUT2D eigenvalue weighted by molar-refractivity contribution is -0.131. The van der Waals surface area contributed by atoms with Gasteiger partial charge in [0, 0.05) is 44.9 Å². The van der Waals surface area contributed by atoms with Crippen LogP contribution in [-0.4, -0.2) is 51.9 Å². The maximum atomic E-state index is 12.0. The molecule has 1 saturated heterocycles. The molecule has 7 heteroatoms. The van der Waals surface area contributed by atoms with Crippen molar-refractivity contribution in [1.29, 1.82) is 0 Å². The van der Waals surface area contributed by atoms with E-state index in [1.807, 2.05) is 36.1 Å². The van der Waals surface area contributed by atoms with E-state index in [1.54, 1.807) is 12.5 Å². The summed E-state index contributed by atoms with van der Waals surface area (Å²) >= 11 is 0. The fourth-order valence-corrected chi connectivity index (χ4v) is 2.71. The second kappa shape index (κ2) is 7.72. The molecule has 1 amide bonds. The van der Waals surface area contributed by atoms with Gasteiger partial charge in [-0.05, 0) is 18.6 Å². The van der Waals surface area contributed by atoms with Crippen LogP contribution in [0.4, 0.5) is 17.5 Å². The van der Waals surface area contributed by atoms with Crippen molar-refractivity contribution in [1.82, 2.24) is 19.9 Å². The highest BCUT2D eigenvalue weighted by Crippen LogP contribution is 2.18. The maximum absolute atomic E-state index is 12.0. The molecule has 126 valence electrons. The van der Waals surface area contributed by atoms with E-state index in [0.717, 1.165) is 44.2 Å². The average molecular weight is 326 g/mol. The second-order valence-electron chi connectivity index (χ2n) is 5.72. The number of carbonyl (C=O) groups excluding carboxylic acids is 1. The highest BCUT2D eigenvalue weighted by molar-refractivity contribution is 5.76. The number of pyridine rings is 1. The van der Waals surface area contributed by atoms with Gasteiger partial charge in [-0.3, -0.25) is 4.79 Å². The van der Waals surface area contributed by atoms with E-state index >= 15 is 0 Å². The first-order valence-corrected chi connectivity index (χ1v) is 8.29. The molecule has 24 heavy (non-hydrogen) atoms. The predicted molar refractivity (Wildman–Crippen MR) is 93.3 cm³/mol. The zero-order valence-corrected chi connectivity index (χ0v) is 13.9. The van der Waals surface area contributed by atoms with Crippen molar-refractivity contribution < 1.29 is 4.79 Å². The van der Waals surface area contributed by atoms with Crippen LogP contribution in [0.15, 0.2) is 36.8 Å². The molecular weight excluding hydrogens is 304 g/mol. The van der Waals surface area contributed by atoms with E-state index in [4.69, 9.17) is 0 Å². The number of piperazine rings is 1. The molecule has 1 aliphatic rings. The van der Waals surface area contributed by atoms with E-state index < -0.39 is 0 Å². The Morgan fingerprint density at radius 1 is 1.12 bits per heavy atom. The molecule has 1 fully saturated rings. The van der Waals surface area contributed by atoms with E-state index in [9.17, 15) is 4.79 Å². The molecular formula is C17H22N6O. The van der Waals surface area contributed by atoms with Gasteiger partial charge in [-0.15, -0.1) is 0 Å². The first kappa shape index (κ1) is 16.2. The van der Waals surface area contributed by atoms with Crippen molar-refractivity contribution >= 4 is 23.4 Å². The summed E-state index contributed by atoms with van der Waals surface area (Å²) in [6.07, 6.45) is 4.81. The van der Waals surface area contributed by atoms with Crippen LogP contribution in [0.2, 0.25) is 0 Å². The van der Waals surface area contributed by atoms with Crippen molar-refractivity contribution in [2.24, 2.45) is 0 Å². The van der Waals surface area contributed by atoms with Gasteiger partial charge in [0.2, 0.25) is 5.91 Å². The van der Waals surface area contributed by atoms with Gasteiger partial charge in [0.05, 0.1) is 0 Å². The first-order chi connectivity index (χ1) is 11.8. The summed E-state index contributed by atoms with van der Waals surface area (Å²) in [7, 11) is 0. The first-order valence-electron chi connectivity index (χ1n) is 8.29. The van der Waals surface area contributed by atoms with E-state index in [1.165, 1.54) is 0 Å². The van der Waals surface area contributed by atoms with Gasteiger partial charge < -0.3 is 15.1 Å². The second-order valence-corrected chi connectivity index (χ2v) is 5.72. The minimum absolute atomic E-state index is 0.248. The molecule has 3 rings (SSSR count). The Kier molecular flexibility index (Phi) is 5.20. The summed E-state index contributed by atoms with van der Waals surface area (Å²) in [6.45, 7) is 5.09. The summed E-state index contributed by atoms with van der Waals surface area (Å²) < 4.78 is 0. The van der Waals surface area contributed by atoms with Crippen LogP contribution in [0.5, 0.6) is 0 Å². The van der Waals surface area contributed by atoms with Gasteiger partial charge in [-0.1, -0.05) is 13.0 Å². The van der Waals surface area contributed by atoms with Crippen molar-refractivity contribution in [2.75, 3.05) is 36.4 Å². The number of aromatic nitrogens is 3. The zero-order chi connectivity index (χ0) is 16.8. The van der Waals surface area contributed by atoms with Crippen LogP contribution in [0.1, 0.15) is 19.8 Å². The molecule has 2 aromatic rings. The van der Waals surface area contributed by atoms with Gasteiger partial charge >= 0.3 is 0 Å². The van der Waals surface area contributed by atoms with Crippen molar-refractivity contribution in [2.45, 2.75) is 19.8 Å². The van der Waals surface area contributed by atoms with Crippen LogP contribution in [0.25, 0.3) is 0 Å². The zero-order valence-electron chi connectivity index (χ0n) is 13.9. The van der Waals surface area contributed by atoms with Crippen molar-refractivity contribution in [3.05, 3.63) is 36.8 Å². The van der Waals surface area contributed by atoms with E-state index in [-0.39, 0.29) is 5.91 Å². The number of hydrogen-bond donors (Lipinski definition) is 1. The fourth-order valence-electron chi connectivity index (χ4n) is 2.71. The van der Waals surface area contributed by atoms with Gasteiger partial charge in [0.25, 0.3) is 0 Å². The third-order valence-electron chi connectivity index (χ3n) is 3.99. The van der Waals surface area contributed by atoms with Gasteiger partial charge in [0.1, 0.15) is 23.8 Å². The lowest BCUT2D eigenvalue weighted by Gasteiger charge is -2.35. The topological polar surface area (TPSA) is 74.2 Å². The number of hydrogen-bond acceptors (Lipinski definition) is 6. The highest BCUT2D eigenvalue weighted by atomic mass is 16.2. The summed E-state index contributed by atoms with van der Waals surface area (Å²) in [5.41, 5.74) is 0. The van der Waals surface area contributed by atoms with Crippen LogP contribution in [-0.2, 0) is 4.79 Å². The lowest BCUT2D eigenvalue weighted by atomic mass is 10.2. The average Bonchev–Trinajstić information content (AvgIpc) is 2.63. The van der Waals surface area contributed by atoms with Crippen molar-refractivity contribution in [3.63, 3.8) is 0 Å². The fraction of sp³-hybridized carbons (Fsp3) is 0.412. The van der Waals surface area contributed by atoms with Crippen LogP contribution >= 0.6 is 0 Å². The molecule has 0 atom stereocenters. The Hall–Kier alpha value is -2.70. The summed E-state index contributed by atoms with van der Waals surface area (Å²) in [5, 5.41) is 3.17. The number of carbonyl (C=O) groups is 1. The number of nitrogens with zero attached hydrogens (tertiary/aromatic N) is 5. The number of nitrogens with one attached hydrogen (secondary N) is 1. The standard InChI is InChI=1S/C17H22N6O/c1-2-5-17(24)23-10-8-22(9-11-23)16-12-15(19-13-20-16)21-14-6-3-4-7-18-14/h3-4,6-7,12-13H,2,5,8-11H2,1H3,(H,18,19,20,21). The Morgan fingerprint density at radius 3 is 2.67 bits per heavy atom. The highest BCUT2D eigenvalue weighted by Gasteiger charge is 2.21. The summed E-state index contributed by atoms with van der Waals surface area (Å²) in [4.78, 5) is 28.9. The molecule has 0 spiro atoms. The SMILES string of the molecule is CCCC(=O)N1CCN(c2cc(Nc3ccccn3)ncn2)CC1. The minimum Gasteiger partial charge on any atom is -0.353 e. The minimum atomic E-state index is 0.248. The molecule has 3 heterocycles. The molecule has 2 aromatic heterocycles. The monoisotopic (exact) mass is 326 g/mol. The molecule has 0 saturated carbocycles. The maximum Gasteiger partial charge on any atom is 0.222 e. The largest absolute Gasteiger partial charge is 0.353 e. The van der Waals surface area contributed by atoms with Gasteiger partial charge in [0.15, 0.2) is 0 Å². The Balaban J connectivity index is 1.62. The lowest BCUT2D eigenvalue weighted by Crippen LogP contribution is -2.49. The molecule has 0 bridgehead atoms.